The van der Waals surface area contributed by atoms with E-state index in [0.29, 0.717) is 13.2 Å². The average molecular weight is 385 g/mol. The van der Waals surface area contributed by atoms with Crippen LogP contribution >= 0.6 is 31.9 Å². The second-order valence-electron chi connectivity index (χ2n) is 4.21. The molecule has 2 N–H and O–H groups in total. The van der Waals surface area contributed by atoms with E-state index in [1.807, 2.05) is 36.4 Å². The van der Waals surface area contributed by atoms with Crippen LogP contribution in [0.15, 0.2) is 51.4 Å². The average Bonchev–Trinajstić information content (AvgIpc) is 2.40. The Morgan fingerprint density at radius 3 is 2.63 bits per heavy atom. The van der Waals surface area contributed by atoms with Crippen LogP contribution in [0.5, 0.6) is 5.75 Å². The standard InChI is InChI=1S/C15H15Br2NO/c16-13-3-1-2-11(8-13)10-19-14-4-5-15(17)12(9-14)6-7-18/h1-5,8-9H,6-7,10,18H2. The van der Waals surface area contributed by atoms with Crippen LogP contribution < -0.4 is 10.5 Å². The predicted molar refractivity (Wildman–Crippen MR) is 85.4 cm³/mol. The molecule has 0 fully saturated rings. The first-order valence-electron chi connectivity index (χ1n) is 6.05. The first-order valence-corrected chi connectivity index (χ1v) is 7.63. The third-order valence-electron chi connectivity index (χ3n) is 2.73. The molecule has 0 aliphatic rings. The number of benzene rings is 2. The minimum atomic E-state index is 0.559. The SMILES string of the molecule is NCCc1cc(OCc2cccc(Br)c2)ccc1Br. The third kappa shape index (κ3) is 4.34. The van der Waals surface area contributed by atoms with Gasteiger partial charge in [0.25, 0.3) is 0 Å². The molecule has 0 saturated carbocycles. The minimum Gasteiger partial charge on any atom is -0.489 e. The molecule has 0 spiro atoms. The van der Waals surface area contributed by atoms with E-state index in [9.17, 15) is 0 Å². The Kier molecular flexibility index (Phi) is 5.43. The van der Waals surface area contributed by atoms with Crippen LogP contribution in [0.3, 0.4) is 0 Å². The fourth-order valence-electron chi connectivity index (χ4n) is 1.78. The molecule has 2 nitrogen and oxygen atoms in total. The number of nitrogens with two attached hydrogens (primary N) is 1. The Morgan fingerprint density at radius 1 is 1.05 bits per heavy atom. The second-order valence-corrected chi connectivity index (χ2v) is 5.98. The molecule has 0 unspecified atom stereocenters. The van der Waals surface area contributed by atoms with Gasteiger partial charge >= 0.3 is 0 Å². The molecule has 0 amide bonds. The number of hydrogen-bond acceptors (Lipinski definition) is 2. The zero-order chi connectivity index (χ0) is 13.7. The number of hydrogen-bond donors (Lipinski definition) is 1. The van der Waals surface area contributed by atoms with Crippen molar-refractivity contribution < 1.29 is 4.74 Å². The summed E-state index contributed by atoms with van der Waals surface area (Å²) in [6.07, 6.45) is 0.842. The maximum absolute atomic E-state index is 5.81. The summed E-state index contributed by atoms with van der Waals surface area (Å²) in [5, 5.41) is 0. The van der Waals surface area contributed by atoms with E-state index in [1.54, 1.807) is 0 Å². The van der Waals surface area contributed by atoms with Gasteiger partial charge in [-0.3, -0.25) is 0 Å². The number of halogens is 2. The largest absolute Gasteiger partial charge is 0.489 e. The van der Waals surface area contributed by atoms with Gasteiger partial charge in [0.15, 0.2) is 0 Å². The molecule has 2 rings (SSSR count). The smallest absolute Gasteiger partial charge is 0.120 e. The zero-order valence-electron chi connectivity index (χ0n) is 10.4. The summed E-state index contributed by atoms with van der Waals surface area (Å²) in [6, 6.07) is 14.1. The van der Waals surface area contributed by atoms with Gasteiger partial charge in [0.1, 0.15) is 12.4 Å². The fourth-order valence-corrected chi connectivity index (χ4v) is 2.67. The molecular formula is C15H15Br2NO. The summed E-state index contributed by atoms with van der Waals surface area (Å²) in [5.41, 5.74) is 7.91. The highest BCUT2D eigenvalue weighted by molar-refractivity contribution is 9.10. The highest BCUT2D eigenvalue weighted by Gasteiger charge is 2.02. The van der Waals surface area contributed by atoms with Gasteiger partial charge in [0, 0.05) is 8.95 Å². The van der Waals surface area contributed by atoms with Gasteiger partial charge < -0.3 is 10.5 Å². The van der Waals surface area contributed by atoms with Crippen molar-refractivity contribution in [1.29, 1.82) is 0 Å². The van der Waals surface area contributed by atoms with Gasteiger partial charge in [-0.25, -0.2) is 0 Å². The number of rotatable bonds is 5. The van der Waals surface area contributed by atoms with Crippen LogP contribution in [0, 0.1) is 0 Å². The molecule has 2 aromatic rings. The molecule has 2 aromatic carbocycles. The molecule has 0 aliphatic heterocycles. The van der Waals surface area contributed by atoms with Crippen LogP contribution in [0.4, 0.5) is 0 Å². The van der Waals surface area contributed by atoms with E-state index in [4.69, 9.17) is 10.5 Å². The molecule has 19 heavy (non-hydrogen) atoms. The molecule has 4 heteroatoms. The van der Waals surface area contributed by atoms with Crippen molar-refractivity contribution in [3.8, 4) is 5.75 Å². The Balaban J connectivity index is 2.05. The van der Waals surface area contributed by atoms with Crippen LogP contribution in [0.25, 0.3) is 0 Å². The van der Waals surface area contributed by atoms with Gasteiger partial charge in [-0.1, -0.05) is 44.0 Å². The molecule has 0 radical (unpaired) electrons. The Labute approximate surface area is 130 Å². The molecule has 0 aromatic heterocycles. The molecule has 0 heterocycles. The van der Waals surface area contributed by atoms with Crippen molar-refractivity contribution >= 4 is 31.9 Å². The Bertz CT molecular complexity index is 558. The van der Waals surface area contributed by atoms with Crippen LogP contribution in [-0.2, 0) is 13.0 Å². The van der Waals surface area contributed by atoms with E-state index in [1.165, 1.54) is 5.56 Å². The molecule has 0 aliphatic carbocycles. The maximum atomic E-state index is 5.81. The van der Waals surface area contributed by atoms with Crippen molar-refractivity contribution in [2.45, 2.75) is 13.0 Å². The molecule has 100 valence electrons. The fraction of sp³-hybridized carbons (Fsp3) is 0.200. The van der Waals surface area contributed by atoms with E-state index in [-0.39, 0.29) is 0 Å². The lowest BCUT2D eigenvalue weighted by molar-refractivity contribution is 0.306. The highest BCUT2D eigenvalue weighted by atomic mass is 79.9. The van der Waals surface area contributed by atoms with Crippen molar-refractivity contribution in [2.75, 3.05) is 6.54 Å². The highest BCUT2D eigenvalue weighted by Crippen LogP contribution is 2.24. The van der Waals surface area contributed by atoms with Crippen LogP contribution in [0.1, 0.15) is 11.1 Å². The van der Waals surface area contributed by atoms with Gasteiger partial charge in [0.2, 0.25) is 0 Å². The van der Waals surface area contributed by atoms with Gasteiger partial charge in [-0.2, -0.15) is 0 Å². The summed E-state index contributed by atoms with van der Waals surface area (Å²) in [6.45, 7) is 1.19. The predicted octanol–water partition coefficient (Wildman–Crippen LogP) is 4.29. The van der Waals surface area contributed by atoms with E-state index in [0.717, 1.165) is 26.7 Å². The molecule has 0 bridgehead atoms. The summed E-state index contributed by atoms with van der Waals surface area (Å²) < 4.78 is 7.95. The number of ether oxygens (including phenoxy) is 1. The van der Waals surface area contributed by atoms with Crippen molar-refractivity contribution in [2.24, 2.45) is 5.73 Å². The normalized spacial score (nSPS) is 10.5. The van der Waals surface area contributed by atoms with Crippen molar-refractivity contribution in [3.63, 3.8) is 0 Å². The van der Waals surface area contributed by atoms with Crippen molar-refractivity contribution in [3.05, 3.63) is 62.5 Å². The monoisotopic (exact) mass is 383 g/mol. The van der Waals surface area contributed by atoms with E-state index >= 15 is 0 Å². The lowest BCUT2D eigenvalue weighted by Crippen LogP contribution is -2.04. The summed E-state index contributed by atoms with van der Waals surface area (Å²) in [5.74, 6) is 0.867. The minimum absolute atomic E-state index is 0.559. The zero-order valence-corrected chi connectivity index (χ0v) is 13.6. The topological polar surface area (TPSA) is 35.2 Å². The lowest BCUT2D eigenvalue weighted by Gasteiger charge is -2.09. The van der Waals surface area contributed by atoms with Gasteiger partial charge in [-0.15, -0.1) is 0 Å². The summed E-state index contributed by atoms with van der Waals surface area (Å²) in [4.78, 5) is 0. The second kappa shape index (κ2) is 7.08. The first kappa shape index (κ1) is 14.6. The Morgan fingerprint density at radius 2 is 1.89 bits per heavy atom. The summed E-state index contributed by atoms with van der Waals surface area (Å²) >= 11 is 6.97. The maximum Gasteiger partial charge on any atom is 0.120 e. The van der Waals surface area contributed by atoms with E-state index < -0.39 is 0 Å². The Hall–Kier alpha value is -0.840. The lowest BCUT2D eigenvalue weighted by atomic mass is 10.1. The third-order valence-corrected chi connectivity index (χ3v) is 3.99. The van der Waals surface area contributed by atoms with Gasteiger partial charge in [0.05, 0.1) is 0 Å². The quantitative estimate of drug-likeness (QED) is 0.834. The van der Waals surface area contributed by atoms with Gasteiger partial charge in [-0.05, 0) is 54.4 Å². The molecule has 0 atom stereocenters. The first-order chi connectivity index (χ1) is 9.19. The molecular weight excluding hydrogens is 370 g/mol. The van der Waals surface area contributed by atoms with Crippen molar-refractivity contribution in [1.82, 2.24) is 0 Å². The van der Waals surface area contributed by atoms with Crippen LogP contribution in [0.2, 0.25) is 0 Å². The van der Waals surface area contributed by atoms with E-state index in [2.05, 4.69) is 37.9 Å². The van der Waals surface area contributed by atoms with Crippen LogP contribution in [-0.4, -0.2) is 6.54 Å². The summed E-state index contributed by atoms with van der Waals surface area (Å²) in [7, 11) is 0. The molecule has 0 saturated heterocycles.